The highest BCUT2D eigenvalue weighted by atomic mass is 35.5. The molecule has 0 radical (unpaired) electrons. The average Bonchev–Trinajstić information content (AvgIpc) is 2.42. The molecule has 1 amide bonds. The fourth-order valence-electron chi connectivity index (χ4n) is 1.58. The van der Waals surface area contributed by atoms with Gasteiger partial charge in [0.25, 0.3) is 0 Å². The molecule has 0 spiro atoms. The third-order valence-electron chi connectivity index (χ3n) is 2.53. The number of carbonyl (C=O) groups is 1. The quantitative estimate of drug-likeness (QED) is 0.598. The Hall–Kier alpha value is -1.07. The molecule has 0 saturated heterocycles. The van der Waals surface area contributed by atoms with Crippen molar-refractivity contribution in [1.82, 2.24) is 0 Å². The Labute approximate surface area is 141 Å². The molecule has 0 bridgehead atoms. The van der Waals surface area contributed by atoms with Crippen molar-refractivity contribution < 1.29 is 4.79 Å². The van der Waals surface area contributed by atoms with Gasteiger partial charge in [-0.2, -0.15) is 0 Å². The van der Waals surface area contributed by atoms with Crippen molar-refractivity contribution in [2.75, 3.05) is 16.8 Å². The number of rotatable bonds is 4. The summed E-state index contributed by atoms with van der Waals surface area (Å²) >= 11 is 19.0. The van der Waals surface area contributed by atoms with Crippen LogP contribution in [-0.2, 0) is 4.79 Å². The Balaban J connectivity index is 1.97. The molecule has 0 heterocycles. The lowest BCUT2D eigenvalue weighted by atomic mass is 10.2. The minimum absolute atomic E-state index is 0.203. The monoisotopic (exact) mass is 360 g/mol. The lowest BCUT2D eigenvalue weighted by molar-refractivity contribution is -0.113. The van der Waals surface area contributed by atoms with Crippen LogP contribution in [0, 0.1) is 0 Å². The van der Waals surface area contributed by atoms with Crippen molar-refractivity contribution >= 4 is 63.8 Å². The van der Waals surface area contributed by atoms with Crippen LogP contribution in [0.4, 0.5) is 11.4 Å². The van der Waals surface area contributed by atoms with Crippen LogP contribution in [0.1, 0.15) is 0 Å². The second kappa shape index (κ2) is 7.27. The minimum Gasteiger partial charge on any atom is -0.397 e. The number of halogens is 3. The van der Waals surface area contributed by atoms with Gasteiger partial charge in [0.2, 0.25) is 5.91 Å². The van der Waals surface area contributed by atoms with Crippen LogP contribution >= 0.6 is 46.6 Å². The molecule has 3 N–H and O–H groups in total. The van der Waals surface area contributed by atoms with E-state index in [0.717, 1.165) is 4.90 Å². The summed E-state index contributed by atoms with van der Waals surface area (Å²) in [5, 5.41) is 4.08. The van der Waals surface area contributed by atoms with Gasteiger partial charge in [0, 0.05) is 14.9 Å². The van der Waals surface area contributed by atoms with Gasteiger partial charge in [0.05, 0.1) is 22.2 Å². The molecule has 110 valence electrons. The second-order valence-electron chi connectivity index (χ2n) is 4.14. The molecule has 2 aromatic rings. The van der Waals surface area contributed by atoms with Crippen LogP contribution in [0.15, 0.2) is 41.3 Å². The normalized spacial score (nSPS) is 10.4. The lowest BCUT2D eigenvalue weighted by Gasteiger charge is -2.10. The van der Waals surface area contributed by atoms with E-state index in [0.29, 0.717) is 26.4 Å². The molecular formula is C14H11Cl3N2OS. The third kappa shape index (κ3) is 4.71. The van der Waals surface area contributed by atoms with E-state index in [4.69, 9.17) is 40.5 Å². The maximum absolute atomic E-state index is 11.9. The molecule has 2 rings (SSSR count). The van der Waals surface area contributed by atoms with Gasteiger partial charge in [-0.3, -0.25) is 4.79 Å². The van der Waals surface area contributed by atoms with Crippen LogP contribution < -0.4 is 11.1 Å². The first kappa shape index (κ1) is 16.3. The van der Waals surface area contributed by atoms with Gasteiger partial charge in [-0.25, -0.2) is 0 Å². The van der Waals surface area contributed by atoms with Gasteiger partial charge in [0.15, 0.2) is 0 Å². The summed E-state index contributed by atoms with van der Waals surface area (Å²) in [4.78, 5) is 12.9. The molecule has 0 saturated carbocycles. The first-order valence-electron chi connectivity index (χ1n) is 5.88. The molecule has 2 aromatic carbocycles. The van der Waals surface area contributed by atoms with Crippen LogP contribution in [-0.4, -0.2) is 11.7 Å². The first-order chi connectivity index (χ1) is 9.95. The molecule has 0 unspecified atom stereocenters. The Morgan fingerprint density at radius 3 is 2.38 bits per heavy atom. The smallest absolute Gasteiger partial charge is 0.234 e. The summed E-state index contributed by atoms with van der Waals surface area (Å²) < 4.78 is 0. The van der Waals surface area contributed by atoms with Crippen LogP contribution in [0.5, 0.6) is 0 Å². The summed E-state index contributed by atoms with van der Waals surface area (Å²) in [5.74, 6) is 0.0332. The summed E-state index contributed by atoms with van der Waals surface area (Å²) in [6.45, 7) is 0. The van der Waals surface area contributed by atoms with Crippen molar-refractivity contribution in [3.05, 3.63) is 51.5 Å². The zero-order valence-corrected chi connectivity index (χ0v) is 13.8. The molecule has 3 nitrogen and oxygen atoms in total. The van der Waals surface area contributed by atoms with Gasteiger partial charge in [-0.1, -0.05) is 34.8 Å². The van der Waals surface area contributed by atoms with Crippen LogP contribution in [0.2, 0.25) is 15.1 Å². The number of nitrogens with two attached hydrogens (primary N) is 1. The molecule has 0 atom stereocenters. The molecule has 21 heavy (non-hydrogen) atoms. The number of nitrogen functional groups attached to an aromatic ring is 1. The van der Waals surface area contributed by atoms with E-state index in [2.05, 4.69) is 5.32 Å². The third-order valence-corrected chi connectivity index (χ3v) is 4.31. The van der Waals surface area contributed by atoms with Crippen molar-refractivity contribution in [3.8, 4) is 0 Å². The maximum atomic E-state index is 11.9. The zero-order chi connectivity index (χ0) is 15.4. The van der Waals surface area contributed by atoms with E-state index in [1.165, 1.54) is 23.9 Å². The summed E-state index contributed by atoms with van der Waals surface area (Å²) in [6, 6.07) is 10.3. The lowest BCUT2D eigenvalue weighted by Crippen LogP contribution is -2.15. The summed E-state index contributed by atoms with van der Waals surface area (Å²) in [6.07, 6.45) is 0. The highest BCUT2D eigenvalue weighted by Gasteiger charge is 2.11. The predicted octanol–water partition coefficient (Wildman–Crippen LogP) is 4.96. The van der Waals surface area contributed by atoms with Gasteiger partial charge in [-0.05, 0) is 36.4 Å². The van der Waals surface area contributed by atoms with E-state index in [-0.39, 0.29) is 11.7 Å². The van der Waals surface area contributed by atoms with E-state index in [9.17, 15) is 4.79 Å². The number of carbonyl (C=O) groups excluding carboxylic acids is 1. The van der Waals surface area contributed by atoms with Crippen LogP contribution in [0.3, 0.4) is 0 Å². The highest BCUT2D eigenvalue weighted by Crippen LogP contribution is 2.32. The van der Waals surface area contributed by atoms with Gasteiger partial charge < -0.3 is 11.1 Å². The van der Waals surface area contributed by atoms with Gasteiger partial charge in [0.1, 0.15) is 0 Å². The molecule has 0 fully saturated rings. The maximum Gasteiger partial charge on any atom is 0.234 e. The van der Waals surface area contributed by atoms with Gasteiger partial charge in [-0.15, -0.1) is 11.8 Å². The minimum atomic E-state index is -0.203. The van der Waals surface area contributed by atoms with E-state index in [1.807, 2.05) is 12.1 Å². The zero-order valence-electron chi connectivity index (χ0n) is 10.7. The van der Waals surface area contributed by atoms with E-state index < -0.39 is 0 Å². The number of benzene rings is 2. The second-order valence-corrected chi connectivity index (χ2v) is 6.47. The predicted molar refractivity (Wildman–Crippen MR) is 91.7 cm³/mol. The molecule has 7 heteroatoms. The van der Waals surface area contributed by atoms with E-state index in [1.54, 1.807) is 12.1 Å². The summed E-state index contributed by atoms with van der Waals surface area (Å²) in [7, 11) is 0. The van der Waals surface area contributed by atoms with Crippen molar-refractivity contribution in [1.29, 1.82) is 0 Å². The molecule has 0 aromatic heterocycles. The number of nitrogens with one attached hydrogen (secondary N) is 1. The summed E-state index contributed by atoms with van der Waals surface area (Å²) in [5.41, 5.74) is 6.50. The largest absolute Gasteiger partial charge is 0.397 e. The molecule has 0 aliphatic rings. The highest BCUT2D eigenvalue weighted by molar-refractivity contribution is 8.00. The Bertz CT molecular complexity index is 639. The Morgan fingerprint density at radius 2 is 1.76 bits per heavy atom. The van der Waals surface area contributed by atoms with Crippen molar-refractivity contribution in [2.24, 2.45) is 0 Å². The number of amides is 1. The number of thioether (sulfide) groups is 1. The first-order valence-corrected chi connectivity index (χ1v) is 8.00. The number of anilines is 2. The molecular weight excluding hydrogens is 351 g/mol. The fourth-order valence-corrected chi connectivity index (χ4v) is 2.96. The Kier molecular flexibility index (Phi) is 5.65. The van der Waals surface area contributed by atoms with Crippen molar-refractivity contribution in [2.45, 2.75) is 4.90 Å². The standard InChI is InChI=1S/C14H11Cl3N2OS/c15-8-1-3-10(4-2-8)21-7-13(20)19-14-11(17)5-9(16)6-12(14)18/h1-6H,7,18H2,(H,19,20). The van der Waals surface area contributed by atoms with E-state index >= 15 is 0 Å². The molecule has 0 aliphatic heterocycles. The van der Waals surface area contributed by atoms with Gasteiger partial charge >= 0.3 is 0 Å². The topological polar surface area (TPSA) is 55.1 Å². The SMILES string of the molecule is Nc1cc(Cl)cc(Cl)c1NC(=O)CSc1ccc(Cl)cc1. The average molecular weight is 362 g/mol. The Morgan fingerprint density at radius 1 is 1.10 bits per heavy atom. The molecule has 0 aliphatic carbocycles. The number of hydrogen-bond donors (Lipinski definition) is 2. The number of hydrogen-bond acceptors (Lipinski definition) is 3. The van der Waals surface area contributed by atoms with Crippen molar-refractivity contribution in [3.63, 3.8) is 0 Å². The fraction of sp³-hybridized carbons (Fsp3) is 0.0714. The van der Waals surface area contributed by atoms with Crippen LogP contribution in [0.25, 0.3) is 0 Å².